The van der Waals surface area contributed by atoms with Crippen LogP contribution in [0, 0.1) is 0 Å². The van der Waals surface area contributed by atoms with E-state index in [-0.39, 0.29) is 17.5 Å². The van der Waals surface area contributed by atoms with Crippen LogP contribution in [0.15, 0.2) is 82.6 Å². The Morgan fingerprint density at radius 1 is 0.889 bits per heavy atom. The zero-order valence-electron chi connectivity index (χ0n) is 20.9. The van der Waals surface area contributed by atoms with Crippen molar-refractivity contribution in [2.45, 2.75) is 36.6 Å². The minimum atomic E-state index is -4.01. The second-order valence-electron chi connectivity index (χ2n) is 7.91. The molecule has 0 aliphatic carbocycles. The first-order chi connectivity index (χ1) is 17.3. The molecule has 3 aromatic carbocycles. The number of hydrogen-bond acceptors (Lipinski definition) is 6. The van der Waals surface area contributed by atoms with Crippen molar-refractivity contribution in [1.82, 2.24) is 5.32 Å². The summed E-state index contributed by atoms with van der Waals surface area (Å²) in [4.78, 5) is 14.1. The summed E-state index contributed by atoms with van der Waals surface area (Å²) in [5.41, 5.74) is 1.26. The summed E-state index contributed by atoms with van der Waals surface area (Å²) in [6.45, 7) is 6.33. The van der Waals surface area contributed by atoms with Crippen LogP contribution in [0.3, 0.4) is 0 Å². The molecular formula is C27H32N2O5S2. The molecule has 7 nitrogen and oxygen atoms in total. The molecule has 0 radical (unpaired) electrons. The third-order valence-corrected chi connectivity index (χ3v) is 7.97. The number of thioether (sulfide) groups is 1. The molecule has 0 aliphatic rings. The SMILES string of the molecule is CCOc1ccc([C@@H](C)NC(=O)CN(c2ccc(OCC)cc2)S(=O)(=O)c2ccc(SC)cc2)cc1. The fraction of sp³-hybridized carbons (Fsp3) is 0.296. The number of amides is 1. The number of rotatable bonds is 12. The van der Waals surface area contributed by atoms with E-state index in [1.807, 2.05) is 51.3 Å². The zero-order chi connectivity index (χ0) is 26.1. The van der Waals surface area contributed by atoms with Crippen molar-refractivity contribution in [2.24, 2.45) is 0 Å². The van der Waals surface area contributed by atoms with Gasteiger partial charge in [0.15, 0.2) is 0 Å². The normalized spacial score (nSPS) is 12.0. The number of carbonyl (C=O) groups is 1. The van der Waals surface area contributed by atoms with Gasteiger partial charge in [-0.25, -0.2) is 8.42 Å². The Morgan fingerprint density at radius 2 is 1.42 bits per heavy atom. The van der Waals surface area contributed by atoms with Gasteiger partial charge in [-0.2, -0.15) is 0 Å². The fourth-order valence-electron chi connectivity index (χ4n) is 3.59. The van der Waals surface area contributed by atoms with Crippen LogP contribution < -0.4 is 19.1 Å². The quantitative estimate of drug-likeness (QED) is 0.322. The largest absolute Gasteiger partial charge is 0.494 e. The minimum Gasteiger partial charge on any atom is -0.494 e. The van der Waals surface area contributed by atoms with E-state index in [9.17, 15) is 13.2 Å². The topological polar surface area (TPSA) is 84.9 Å². The van der Waals surface area contributed by atoms with Gasteiger partial charge in [0.1, 0.15) is 18.0 Å². The number of benzene rings is 3. The van der Waals surface area contributed by atoms with Crippen LogP contribution in [0.2, 0.25) is 0 Å². The molecule has 0 unspecified atom stereocenters. The highest BCUT2D eigenvalue weighted by atomic mass is 32.2. The second kappa shape index (κ2) is 12.7. The molecule has 192 valence electrons. The molecule has 0 fully saturated rings. The maximum atomic E-state index is 13.6. The van der Waals surface area contributed by atoms with Crippen molar-refractivity contribution in [1.29, 1.82) is 0 Å². The third-order valence-electron chi connectivity index (χ3n) is 5.44. The molecule has 1 atom stereocenters. The van der Waals surface area contributed by atoms with E-state index in [0.29, 0.717) is 24.7 Å². The Morgan fingerprint density at radius 3 is 1.92 bits per heavy atom. The van der Waals surface area contributed by atoms with Crippen molar-refractivity contribution < 1.29 is 22.7 Å². The predicted molar refractivity (Wildman–Crippen MR) is 145 cm³/mol. The van der Waals surface area contributed by atoms with Crippen LogP contribution in [0.25, 0.3) is 0 Å². The van der Waals surface area contributed by atoms with Crippen LogP contribution in [-0.4, -0.2) is 40.3 Å². The van der Waals surface area contributed by atoms with Crippen LogP contribution in [0.5, 0.6) is 11.5 Å². The van der Waals surface area contributed by atoms with E-state index < -0.39 is 15.9 Å². The second-order valence-corrected chi connectivity index (χ2v) is 10.6. The zero-order valence-corrected chi connectivity index (χ0v) is 22.6. The van der Waals surface area contributed by atoms with E-state index >= 15 is 0 Å². The molecule has 0 saturated heterocycles. The Bertz CT molecular complexity index is 1230. The predicted octanol–water partition coefficient (Wildman–Crippen LogP) is 5.28. The highest BCUT2D eigenvalue weighted by Crippen LogP contribution is 2.27. The maximum Gasteiger partial charge on any atom is 0.264 e. The van der Waals surface area contributed by atoms with E-state index in [1.54, 1.807) is 48.5 Å². The molecule has 3 aromatic rings. The lowest BCUT2D eigenvalue weighted by molar-refractivity contribution is -0.120. The van der Waals surface area contributed by atoms with E-state index in [1.165, 1.54) is 11.8 Å². The number of nitrogens with zero attached hydrogens (tertiary/aromatic N) is 1. The molecule has 0 spiro atoms. The third kappa shape index (κ3) is 6.95. The Hall–Kier alpha value is -3.17. The van der Waals surface area contributed by atoms with E-state index in [4.69, 9.17) is 9.47 Å². The van der Waals surface area contributed by atoms with Crippen molar-refractivity contribution in [3.8, 4) is 11.5 Å². The van der Waals surface area contributed by atoms with Crippen molar-refractivity contribution in [3.05, 3.63) is 78.4 Å². The Balaban J connectivity index is 1.85. The first-order valence-electron chi connectivity index (χ1n) is 11.7. The lowest BCUT2D eigenvalue weighted by Crippen LogP contribution is -2.41. The summed E-state index contributed by atoms with van der Waals surface area (Å²) < 4.78 is 39.3. The lowest BCUT2D eigenvalue weighted by atomic mass is 10.1. The van der Waals surface area contributed by atoms with Crippen molar-refractivity contribution >= 4 is 33.4 Å². The molecule has 1 amide bonds. The molecule has 0 saturated carbocycles. The first-order valence-corrected chi connectivity index (χ1v) is 14.4. The van der Waals surface area contributed by atoms with E-state index in [2.05, 4.69) is 5.32 Å². The molecule has 36 heavy (non-hydrogen) atoms. The van der Waals surface area contributed by atoms with Gasteiger partial charge in [0, 0.05) is 4.90 Å². The molecule has 3 rings (SSSR count). The summed E-state index contributed by atoms with van der Waals surface area (Å²) in [7, 11) is -4.01. The van der Waals surface area contributed by atoms with Gasteiger partial charge in [0.05, 0.1) is 29.8 Å². The monoisotopic (exact) mass is 528 g/mol. The summed E-state index contributed by atoms with van der Waals surface area (Å²) >= 11 is 1.52. The molecule has 0 aromatic heterocycles. The molecule has 1 N–H and O–H groups in total. The number of carbonyl (C=O) groups excluding carboxylic acids is 1. The Kier molecular flexibility index (Phi) is 9.66. The average Bonchev–Trinajstić information content (AvgIpc) is 2.88. The van der Waals surface area contributed by atoms with E-state index in [0.717, 1.165) is 20.5 Å². The maximum absolute atomic E-state index is 13.6. The van der Waals surface area contributed by atoms with Gasteiger partial charge >= 0.3 is 0 Å². The van der Waals surface area contributed by atoms with Crippen LogP contribution in [0.1, 0.15) is 32.4 Å². The number of sulfonamides is 1. The fourth-order valence-corrected chi connectivity index (χ4v) is 5.41. The lowest BCUT2D eigenvalue weighted by Gasteiger charge is -2.25. The van der Waals surface area contributed by atoms with Gasteiger partial charge in [0.2, 0.25) is 5.91 Å². The summed E-state index contributed by atoms with van der Waals surface area (Å²) in [5.74, 6) is 0.950. The average molecular weight is 529 g/mol. The number of anilines is 1. The molecule has 9 heteroatoms. The Labute approximate surface area is 217 Å². The smallest absolute Gasteiger partial charge is 0.264 e. The van der Waals surface area contributed by atoms with Crippen molar-refractivity contribution in [3.63, 3.8) is 0 Å². The molecular weight excluding hydrogens is 496 g/mol. The number of ether oxygens (including phenoxy) is 2. The summed E-state index contributed by atoms with van der Waals surface area (Å²) in [5, 5.41) is 2.91. The van der Waals surface area contributed by atoms with Crippen LogP contribution in [-0.2, 0) is 14.8 Å². The van der Waals surface area contributed by atoms with Crippen LogP contribution >= 0.6 is 11.8 Å². The molecule has 0 heterocycles. The number of hydrogen-bond donors (Lipinski definition) is 1. The number of nitrogens with one attached hydrogen (secondary N) is 1. The van der Waals surface area contributed by atoms with Gasteiger partial charge < -0.3 is 14.8 Å². The van der Waals surface area contributed by atoms with Gasteiger partial charge in [-0.15, -0.1) is 11.8 Å². The van der Waals surface area contributed by atoms with Gasteiger partial charge in [0.25, 0.3) is 10.0 Å². The van der Waals surface area contributed by atoms with Gasteiger partial charge in [-0.3, -0.25) is 9.10 Å². The highest BCUT2D eigenvalue weighted by Gasteiger charge is 2.28. The van der Waals surface area contributed by atoms with Crippen LogP contribution in [0.4, 0.5) is 5.69 Å². The first kappa shape index (κ1) is 27.4. The summed E-state index contributed by atoms with van der Waals surface area (Å²) in [6, 6.07) is 20.4. The molecule has 0 aliphatic heterocycles. The highest BCUT2D eigenvalue weighted by molar-refractivity contribution is 7.98. The standard InChI is InChI=1S/C27H32N2O5S2/c1-5-33-23-11-7-21(8-12-23)20(3)28-27(30)19-29(22-9-13-24(14-10-22)34-6-2)36(31,32)26-17-15-25(35-4)16-18-26/h7-18,20H,5-6,19H2,1-4H3,(H,28,30)/t20-/m1/s1. The van der Waals surface area contributed by atoms with Crippen molar-refractivity contribution in [2.75, 3.05) is 30.3 Å². The van der Waals surface area contributed by atoms with Gasteiger partial charge in [-0.1, -0.05) is 12.1 Å². The minimum absolute atomic E-state index is 0.113. The van der Waals surface area contributed by atoms with Gasteiger partial charge in [-0.05, 0) is 93.3 Å². The molecule has 0 bridgehead atoms. The summed E-state index contributed by atoms with van der Waals surface area (Å²) in [6.07, 6.45) is 1.92.